The van der Waals surface area contributed by atoms with Gasteiger partial charge in [0.1, 0.15) is 17.3 Å². The first-order valence-electron chi connectivity index (χ1n) is 6.23. The predicted octanol–water partition coefficient (Wildman–Crippen LogP) is 1.24. The third-order valence-corrected chi connectivity index (χ3v) is 3.11. The molecule has 0 atom stereocenters. The molecule has 7 heteroatoms. The second kappa shape index (κ2) is 5.22. The molecule has 0 aliphatic heterocycles. The number of fused-ring (bicyclic) bond motifs is 1. The zero-order valence-corrected chi connectivity index (χ0v) is 11.3. The maximum absolute atomic E-state index is 11.9. The number of nitrogens with two attached hydrogens (primary N) is 1. The van der Waals surface area contributed by atoms with E-state index in [0.29, 0.717) is 17.1 Å². The van der Waals surface area contributed by atoms with E-state index >= 15 is 0 Å². The number of carbonyl (C=O) groups is 1. The van der Waals surface area contributed by atoms with Gasteiger partial charge in [-0.05, 0) is 18.2 Å². The van der Waals surface area contributed by atoms with Gasteiger partial charge in [0.25, 0.3) is 5.91 Å². The summed E-state index contributed by atoms with van der Waals surface area (Å²) in [6, 6.07) is 9.23. The van der Waals surface area contributed by atoms with Gasteiger partial charge in [0, 0.05) is 6.20 Å². The van der Waals surface area contributed by atoms with Crippen molar-refractivity contribution in [2.45, 2.75) is 0 Å². The standard InChI is InChI=1S/C14H13N5O2/c1-21-10-6-7-16-12(14(20)19-15)11(10)13-17-8-4-2-3-5-9(8)18-13/h2-7H,15H2,1H3,(H,17,18)(H,19,20). The van der Waals surface area contributed by atoms with E-state index in [0.717, 1.165) is 11.0 Å². The van der Waals surface area contributed by atoms with Crippen molar-refractivity contribution in [3.05, 3.63) is 42.2 Å². The van der Waals surface area contributed by atoms with Crippen LogP contribution in [0.25, 0.3) is 22.4 Å². The van der Waals surface area contributed by atoms with Gasteiger partial charge in [-0.15, -0.1) is 0 Å². The Morgan fingerprint density at radius 3 is 2.86 bits per heavy atom. The lowest BCUT2D eigenvalue weighted by atomic mass is 10.1. The van der Waals surface area contributed by atoms with Crippen LogP contribution in [0.4, 0.5) is 0 Å². The lowest BCUT2D eigenvalue weighted by Gasteiger charge is -2.09. The van der Waals surface area contributed by atoms with Gasteiger partial charge < -0.3 is 9.72 Å². The number of nitrogens with one attached hydrogen (secondary N) is 2. The molecule has 0 spiro atoms. The Hall–Kier alpha value is -2.93. The minimum atomic E-state index is -0.510. The number of methoxy groups -OCH3 is 1. The van der Waals surface area contributed by atoms with Crippen molar-refractivity contribution in [2.24, 2.45) is 5.84 Å². The second-order valence-electron chi connectivity index (χ2n) is 4.31. The number of nitrogen functional groups attached to an aromatic ring is 1. The van der Waals surface area contributed by atoms with Gasteiger partial charge in [0.05, 0.1) is 23.7 Å². The van der Waals surface area contributed by atoms with Crippen molar-refractivity contribution >= 4 is 16.9 Å². The Bertz CT molecular complexity index is 779. The quantitative estimate of drug-likeness (QED) is 0.381. The number of hydrazine groups is 1. The molecule has 1 amide bonds. The number of pyridine rings is 1. The number of rotatable bonds is 3. The normalized spacial score (nSPS) is 10.6. The third-order valence-electron chi connectivity index (χ3n) is 3.11. The van der Waals surface area contributed by atoms with E-state index in [4.69, 9.17) is 10.6 Å². The van der Waals surface area contributed by atoms with Crippen LogP contribution in [0, 0.1) is 0 Å². The summed E-state index contributed by atoms with van der Waals surface area (Å²) >= 11 is 0. The predicted molar refractivity (Wildman–Crippen MR) is 77.5 cm³/mol. The molecule has 3 aromatic rings. The summed E-state index contributed by atoms with van der Waals surface area (Å²) in [6.07, 6.45) is 1.48. The highest BCUT2D eigenvalue weighted by atomic mass is 16.5. The first-order valence-corrected chi connectivity index (χ1v) is 6.23. The first-order chi connectivity index (χ1) is 10.2. The van der Waals surface area contributed by atoms with Crippen LogP contribution in [0.2, 0.25) is 0 Å². The topological polar surface area (TPSA) is 106 Å². The fourth-order valence-corrected chi connectivity index (χ4v) is 2.15. The van der Waals surface area contributed by atoms with Crippen molar-refractivity contribution in [1.29, 1.82) is 0 Å². The van der Waals surface area contributed by atoms with Crippen molar-refractivity contribution in [3.63, 3.8) is 0 Å². The van der Waals surface area contributed by atoms with E-state index in [-0.39, 0.29) is 5.69 Å². The summed E-state index contributed by atoms with van der Waals surface area (Å²) < 4.78 is 5.31. The fraction of sp³-hybridized carbons (Fsp3) is 0.0714. The van der Waals surface area contributed by atoms with Crippen LogP contribution >= 0.6 is 0 Å². The largest absolute Gasteiger partial charge is 0.496 e. The van der Waals surface area contributed by atoms with Crippen molar-refractivity contribution in [3.8, 4) is 17.1 Å². The van der Waals surface area contributed by atoms with Gasteiger partial charge >= 0.3 is 0 Å². The van der Waals surface area contributed by atoms with Crippen LogP contribution in [-0.2, 0) is 0 Å². The maximum Gasteiger partial charge on any atom is 0.284 e. The minimum absolute atomic E-state index is 0.149. The summed E-state index contributed by atoms with van der Waals surface area (Å²) in [5.74, 6) is 5.69. The zero-order chi connectivity index (χ0) is 14.8. The van der Waals surface area contributed by atoms with E-state index in [9.17, 15) is 4.79 Å². The van der Waals surface area contributed by atoms with E-state index in [1.807, 2.05) is 24.3 Å². The molecule has 0 fully saturated rings. The van der Waals surface area contributed by atoms with Crippen LogP contribution in [0.3, 0.4) is 0 Å². The average Bonchev–Trinajstić information content (AvgIpc) is 2.96. The summed E-state index contributed by atoms with van der Waals surface area (Å²) in [7, 11) is 1.52. The fourth-order valence-electron chi connectivity index (χ4n) is 2.15. The van der Waals surface area contributed by atoms with E-state index in [1.54, 1.807) is 6.07 Å². The van der Waals surface area contributed by atoms with Crippen molar-refractivity contribution < 1.29 is 9.53 Å². The first kappa shape index (κ1) is 13.1. The Kier molecular flexibility index (Phi) is 3.25. The molecule has 2 heterocycles. The lowest BCUT2D eigenvalue weighted by Crippen LogP contribution is -2.31. The van der Waals surface area contributed by atoms with Crippen molar-refractivity contribution in [1.82, 2.24) is 20.4 Å². The molecule has 0 bridgehead atoms. The number of H-pyrrole nitrogens is 1. The monoisotopic (exact) mass is 283 g/mol. The van der Waals surface area contributed by atoms with Crippen LogP contribution in [0.5, 0.6) is 5.75 Å². The number of nitrogens with zero attached hydrogens (tertiary/aromatic N) is 2. The number of benzene rings is 1. The van der Waals surface area contributed by atoms with Gasteiger partial charge in [-0.3, -0.25) is 10.2 Å². The molecule has 0 aliphatic carbocycles. The summed E-state index contributed by atoms with van der Waals surface area (Å²) in [4.78, 5) is 23.6. The molecular formula is C14H13N5O2. The van der Waals surface area contributed by atoms with Gasteiger partial charge in [-0.25, -0.2) is 15.8 Å². The van der Waals surface area contributed by atoms with Crippen LogP contribution in [0.15, 0.2) is 36.5 Å². The highest BCUT2D eigenvalue weighted by Gasteiger charge is 2.21. The number of ether oxygens (including phenoxy) is 1. The number of amides is 1. The Labute approximate surface area is 120 Å². The second-order valence-corrected chi connectivity index (χ2v) is 4.31. The highest BCUT2D eigenvalue weighted by molar-refractivity contribution is 6.00. The number of hydrogen-bond donors (Lipinski definition) is 3. The molecule has 3 rings (SSSR count). The number of carbonyl (C=O) groups excluding carboxylic acids is 1. The lowest BCUT2D eigenvalue weighted by molar-refractivity contribution is 0.0949. The molecule has 1 aromatic carbocycles. The van der Waals surface area contributed by atoms with Gasteiger partial charge in [-0.1, -0.05) is 12.1 Å². The Balaban J connectivity index is 2.26. The molecule has 0 aliphatic rings. The minimum Gasteiger partial charge on any atom is -0.496 e. The van der Waals surface area contributed by atoms with Crippen LogP contribution in [0.1, 0.15) is 10.5 Å². The molecule has 21 heavy (non-hydrogen) atoms. The number of hydrogen-bond acceptors (Lipinski definition) is 5. The maximum atomic E-state index is 11.9. The Morgan fingerprint density at radius 1 is 1.33 bits per heavy atom. The molecular weight excluding hydrogens is 270 g/mol. The zero-order valence-electron chi connectivity index (χ0n) is 11.3. The SMILES string of the molecule is COc1ccnc(C(=O)NN)c1-c1nc2ccccc2[nH]1. The number of para-hydroxylation sites is 2. The number of aromatic nitrogens is 3. The Morgan fingerprint density at radius 2 is 2.14 bits per heavy atom. The molecule has 2 aromatic heterocycles. The third kappa shape index (κ3) is 2.19. The van der Waals surface area contributed by atoms with Gasteiger partial charge in [0.2, 0.25) is 0 Å². The number of aromatic amines is 1. The molecule has 106 valence electrons. The summed E-state index contributed by atoms with van der Waals surface area (Å²) in [6.45, 7) is 0. The van der Waals surface area contributed by atoms with Gasteiger partial charge in [-0.2, -0.15) is 0 Å². The molecule has 0 saturated heterocycles. The van der Waals surface area contributed by atoms with Crippen molar-refractivity contribution in [2.75, 3.05) is 7.11 Å². The van der Waals surface area contributed by atoms with Crippen LogP contribution < -0.4 is 16.0 Å². The molecule has 0 radical (unpaired) electrons. The van der Waals surface area contributed by atoms with Crippen LogP contribution in [-0.4, -0.2) is 28.0 Å². The van der Waals surface area contributed by atoms with E-state index < -0.39 is 5.91 Å². The summed E-state index contributed by atoms with van der Waals surface area (Å²) in [5, 5.41) is 0. The molecule has 7 nitrogen and oxygen atoms in total. The summed E-state index contributed by atoms with van der Waals surface area (Å²) in [5.41, 5.74) is 4.35. The average molecular weight is 283 g/mol. The van der Waals surface area contributed by atoms with E-state index in [2.05, 4.69) is 20.4 Å². The van der Waals surface area contributed by atoms with Gasteiger partial charge in [0.15, 0.2) is 0 Å². The highest BCUT2D eigenvalue weighted by Crippen LogP contribution is 2.31. The molecule has 0 unspecified atom stereocenters. The molecule has 0 saturated carbocycles. The molecule has 4 N–H and O–H groups in total. The number of imidazole rings is 1. The van der Waals surface area contributed by atoms with E-state index in [1.165, 1.54) is 13.3 Å². The smallest absolute Gasteiger partial charge is 0.284 e.